The maximum Gasteiger partial charge on any atom is 0.328 e. The number of amides is 3. The molecule has 0 saturated carbocycles. The van der Waals surface area contributed by atoms with Crippen molar-refractivity contribution in [3.05, 3.63) is 23.4 Å². The summed E-state index contributed by atoms with van der Waals surface area (Å²) in [4.78, 5) is 38.7. The molecule has 0 aliphatic heterocycles. The number of aromatic nitrogens is 2. The standard InChI is InChI=1S/C17H29N9O6/c1-7(5-6-22-16(20)21)11(19)13-25-14(32-26-13)9(3-4-10(18)28)23-17(31)24-12(8(2)27)15(29)30/h5,8-9,11-12,27H,3-4,6,19H2,1-2H3,(H2,18,28)(H,29,30)(H4,20,21,22)(H2,23,24,31)/b7-5+/t8?,9-,11-,12-/m0/s1. The third-order valence-electron chi connectivity index (χ3n) is 4.26. The van der Waals surface area contributed by atoms with E-state index in [0.29, 0.717) is 5.57 Å². The van der Waals surface area contributed by atoms with Gasteiger partial charge in [0.15, 0.2) is 17.8 Å². The number of aliphatic carboxylic acids is 1. The van der Waals surface area contributed by atoms with Crippen LogP contribution in [0, 0.1) is 5.41 Å². The Bertz CT molecular complexity index is 853. The van der Waals surface area contributed by atoms with Crippen molar-refractivity contribution >= 4 is 23.9 Å². The van der Waals surface area contributed by atoms with E-state index in [-0.39, 0.29) is 37.1 Å². The van der Waals surface area contributed by atoms with Crippen molar-refractivity contribution in [3.8, 4) is 0 Å². The lowest BCUT2D eigenvalue weighted by molar-refractivity contribution is -0.141. The lowest BCUT2D eigenvalue weighted by Crippen LogP contribution is -2.51. The number of urea groups is 1. The van der Waals surface area contributed by atoms with Crippen LogP contribution in [0.25, 0.3) is 0 Å². The molecule has 1 aromatic rings. The third kappa shape index (κ3) is 8.57. The Morgan fingerprint density at radius 1 is 1.28 bits per heavy atom. The Kier molecular flexibility index (Phi) is 10.0. The van der Waals surface area contributed by atoms with Crippen LogP contribution in [0.2, 0.25) is 0 Å². The normalized spacial score (nSPS) is 15.2. The smallest absolute Gasteiger partial charge is 0.328 e. The van der Waals surface area contributed by atoms with Gasteiger partial charge in [0.2, 0.25) is 11.8 Å². The number of carboxylic acid groups (broad SMARTS) is 1. The summed E-state index contributed by atoms with van der Waals surface area (Å²) >= 11 is 0. The molecular formula is C17H29N9O6. The van der Waals surface area contributed by atoms with E-state index in [1.165, 1.54) is 6.92 Å². The van der Waals surface area contributed by atoms with Gasteiger partial charge in [0.25, 0.3) is 0 Å². The van der Waals surface area contributed by atoms with Crippen molar-refractivity contribution in [1.82, 2.24) is 26.1 Å². The van der Waals surface area contributed by atoms with Crippen LogP contribution in [-0.4, -0.2) is 62.9 Å². The number of aliphatic hydroxyl groups excluding tert-OH is 1. The number of guanidine groups is 1. The molecule has 0 bridgehead atoms. The van der Waals surface area contributed by atoms with Crippen molar-refractivity contribution in [2.75, 3.05) is 6.54 Å². The Morgan fingerprint density at radius 3 is 2.47 bits per heavy atom. The fourth-order valence-electron chi connectivity index (χ4n) is 2.44. The number of aliphatic hydroxyl groups is 1. The molecule has 1 unspecified atom stereocenters. The lowest BCUT2D eigenvalue weighted by Gasteiger charge is -2.20. The van der Waals surface area contributed by atoms with E-state index < -0.39 is 42.1 Å². The number of carboxylic acids is 1. The lowest BCUT2D eigenvalue weighted by atomic mass is 10.1. The van der Waals surface area contributed by atoms with Gasteiger partial charge in [0, 0.05) is 13.0 Å². The molecule has 0 saturated heterocycles. The molecule has 32 heavy (non-hydrogen) atoms. The van der Waals surface area contributed by atoms with Crippen LogP contribution in [0.1, 0.15) is 50.5 Å². The Morgan fingerprint density at radius 2 is 1.94 bits per heavy atom. The first kappa shape index (κ1) is 26.3. The zero-order valence-electron chi connectivity index (χ0n) is 17.7. The molecule has 3 amide bonds. The number of primary amides is 1. The molecule has 1 rings (SSSR count). The SMILES string of the molecule is C/C(=C\CNC(=N)N)[C@H](N)c1noc([C@H](CCC(N)=O)NC(=O)N[C@H](C(=O)O)C(C)O)n1. The molecule has 12 N–H and O–H groups in total. The van der Waals surface area contributed by atoms with E-state index in [4.69, 9.17) is 32.2 Å². The average molecular weight is 455 g/mol. The molecule has 0 aromatic carbocycles. The number of nitrogens with one attached hydrogen (secondary N) is 4. The monoisotopic (exact) mass is 455 g/mol. The maximum absolute atomic E-state index is 12.2. The van der Waals surface area contributed by atoms with Gasteiger partial charge in [-0.2, -0.15) is 4.98 Å². The minimum atomic E-state index is -1.56. The van der Waals surface area contributed by atoms with Gasteiger partial charge in [-0.25, -0.2) is 9.59 Å². The summed E-state index contributed by atoms with van der Waals surface area (Å²) in [6.45, 7) is 3.18. The molecular weight excluding hydrogens is 426 g/mol. The molecule has 0 radical (unpaired) electrons. The van der Waals surface area contributed by atoms with Crippen molar-refractivity contribution in [2.24, 2.45) is 17.2 Å². The van der Waals surface area contributed by atoms with Crippen LogP contribution in [0.4, 0.5) is 4.79 Å². The fraction of sp³-hybridized carbons (Fsp3) is 0.529. The zero-order chi connectivity index (χ0) is 24.4. The van der Waals surface area contributed by atoms with Crippen LogP contribution in [0.3, 0.4) is 0 Å². The largest absolute Gasteiger partial charge is 0.480 e. The zero-order valence-corrected chi connectivity index (χ0v) is 17.7. The van der Waals surface area contributed by atoms with Gasteiger partial charge < -0.3 is 47.9 Å². The molecule has 15 heteroatoms. The van der Waals surface area contributed by atoms with Gasteiger partial charge in [0.05, 0.1) is 12.1 Å². The highest BCUT2D eigenvalue weighted by Gasteiger charge is 2.28. The van der Waals surface area contributed by atoms with E-state index in [9.17, 15) is 19.5 Å². The molecule has 15 nitrogen and oxygen atoms in total. The Labute approximate surface area is 183 Å². The molecule has 0 aliphatic rings. The van der Waals surface area contributed by atoms with Gasteiger partial charge in [-0.3, -0.25) is 10.2 Å². The Hall–Kier alpha value is -3.72. The van der Waals surface area contributed by atoms with Crippen molar-refractivity contribution in [2.45, 2.75) is 50.9 Å². The van der Waals surface area contributed by atoms with Gasteiger partial charge in [0.1, 0.15) is 6.04 Å². The van der Waals surface area contributed by atoms with E-state index in [1.807, 2.05) is 0 Å². The first-order valence-electron chi connectivity index (χ1n) is 9.52. The molecule has 0 fully saturated rings. The fourth-order valence-corrected chi connectivity index (χ4v) is 2.44. The predicted molar refractivity (Wildman–Crippen MR) is 111 cm³/mol. The van der Waals surface area contributed by atoms with Crippen LogP contribution in [0.15, 0.2) is 16.2 Å². The van der Waals surface area contributed by atoms with Gasteiger partial charge in [-0.15, -0.1) is 0 Å². The summed E-state index contributed by atoms with van der Waals surface area (Å²) < 4.78 is 5.18. The molecule has 1 aromatic heterocycles. The summed E-state index contributed by atoms with van der Waals surface area (Å²) in [5, 5.41) is 36.6. The van der Waals surface area contributed by atoms with Gasteiger partial charge >= 0.3 is 12.0 Å². The minimum absolute atomic E-state index is 0.0105. The minimum Gasteiger partial charge on any atom is -0.480 e. The Balaban J connectivity index is 2.97. The van der Waals surface area contributed by atoms with E-state index in [0.717, 1.165) is 0 Å². The van der Waals surface area contributed by atoms with Crippen LogP contribution >= 0.6 is 0 Å². The van der Waals surface area contributed by atoms with Crippen molar-refractivity contribution in [1.29, 1.82) is 5.41 Å². The summed E-state index contributed by atoms with van der Waals surface area (Å²) in [6, 6.07) is -4.25. The number of hydrogen-bond donors (Lipinski definition) is 9. The highest BCUT2D eigenvalue weighted by Crippen LogP contribution is 2.21. The molecule has 1 heterocycles. The van der Waals surface area contributed by atoms with Gasteiger partial charge in [-0.05, 0) is 20.3 Å². The van der Waals surface area contributed by atoms with E-state index in [1.54, 1.807) is 13.0 Å². The predicted octanol–water partition coefficient (Wildman–Crippen LogP) is -2.06. The van der Waals surface area contributed by atoms with E-state index >= 15 is 0 Å². The summed E-state index contributed by atoms with van der Waals surface area (Å²) in [5.74, 6) is -2.26. The molecule has 4 atom stereocenters. The topological polar surface area (TPSA) is 269 Å². The second-order valence-corrected chi connectivity index (χ2v) is 6.94. The van der Waals surface area contributed by atoms with Crippen LogP contribution in [-0.2, 0) is 9.59 Å². The number of carbonyl (C=O) groups is 3. The summed E-state index contributed by atoms with van der Waals surface area (Å²) in [6.07, 6.45) is 0.176. The van der Waals surface area contributed by atoms with Crippen molar-refractivity contribution < 1.29 is 29.1 Å². The highest BCUT2D eigenvalue weighted by molar-refractivity contribution is 5.83. The van der Waals surface area contributed by atoms with E-state index in [2.05, 4.69) is 26.1 Å². The number of nitrogens with zero attached hydrogens (tertiary/aromatic N) is 2. The number of hydrogen-bond acceptors (Lipinski definition) is 9. The molecule has 0 aliphatic carbocycles. The number of rotatable bonds is 12. The second-order valence-electron chi connectivity index (χ2n) is 6.94. The average Bonchev–Trinajstić information content (AvgIpc) is 3.17. The summed E-state index contributed by atoms with van der Waals surface area (Å²) in [7, 11) is 0. The van der Waals surface area contributed by atoms with Crippen LogP contribution < -0.4 is 33.2 Å². The van der Waals surface area contributed by atoms with Crippen LogP contribution in [0.5, 0.6) is 0 Å². The second kappa shape index (κ2) is 12.2. The number of nitrogens with two attached hydrogens (primary N) is 3. The quantitative estimate of drug-likeness (QED) is 0.0938. The van der Waals surface area contributed by atoms with Crippen molar-refractivity contribution in [3.63, 3.8) is 0 Å². The molecule has 178 valence electrons. The van der Waals surface area contributed by atoms with Gasteiger partial charge in [-0.1, -0.05) is 16.8 Å². The molecule has 0 spiro atoms. The first-order valence-corrected chi connectivity index (χ1v) is 9.52. The highest BCUT2D eigenvalue weighted by atomic mass is 16.5. The third-order valence-corrected chi connectivity index (χ3v) is 4.26. The summed E-state index contributed by atoms with van der Waals surface area (Å²) in [5.41, 5.74) is 17.1. The first-order chi connectivity index (χ1) is 14.9. The number of carbonyl (C=O) groups excluding carboxylic acids is 2. The maximum atomic E-state index is 12.2.